The topological polar surface area (TPSA) is 32.7 Å². The Bertz CT molecular complexity index is 133. The summed E-state index contributed by atoms with van der Waals surface area (Å²) in [5, 5.41) is 4.84. The molecule has 2 fully saturated rings. The lowest BCUT2D eigenvalue weighted by Crippen LogP contribution is -2.34. The minimum Gasteiger partial charge on any atom is -0.255 e. The summed E-state index contributed by atoms with van der Waals surface area (Å²) in [6, 6.07) is 0.993. The van der Waals surface area contributed by atoms with Gasteiger partial charge in [-0.15, -0.1) is 4.91 Å². The maximum atomic E-state index is 10.3. The Labute approximate surface area is 60.3 Å². The third-order valence-corrected chi connectivity index (χ3v) is 2.75. The van der Waals surface area contributed by atoms with Gasteiger partial charge >= 0.3 is 0 Å². The highest BCUT2D eigenvalue weighted by Crippen LogP contribution is 2.35. The van der Waals surface area contributed by atoms with Crippen LogP contribution in [-0.4, -0.2) is 17.1 Å². The fourth-order valence-corrected chi connectivity index (χ4v) is 2.22. The van der Waals surface area contributed by atoms with E-state index >= 15 is 0 Å². The minimum atomic E-state index is 0.497. The molecule has 0 aromatic carbocycles. The number of nitrogens with zero attached hydrogens (tertiary/aromatic N) is 2. The van der Waals surface area contributed by atoms with Crippen LogP contribution < -0.4 is 0 Å². The molecule has 0 N–H and O–H groups in total. The van der Waals surface area contributed by atoms with Gasteiger partial charge in [-0.05, 0) is 32.1 Å². The van der Waals surface area contributed by atoms with Gasteiger partial charge in [-0.1, -0.05) is 0 Å². The summed E-state index contributed by atoms with van der Waals surface area (Å²) in [5.41, 5.74) is 0. The van der Waals surface area contributed by atoms with Gasteiger partial charge in [0.05, 0.1) is 17.4 Å². The van der Waals surface area contributed by atoms with Crippen molar-refractivity contribution in [1.82, 2.24) is 5.01 Å². The molecule has 0 spiro atoms. The molecule has 2 aliphatic heterocycles. The molecule has 2 heterocycles. The first-order valence-electron chi connectivity index (χ1n) is 4.03. The summed E-state index contributed by atoms with van der Waals surface area (Å²) in [4.78, 5) is 10.3. The lowest BCUT2D eigenvalue weighted by Gasteiger charge is -2.28. The first-order chi connectivity index (χ1) is 4.92. The predicted molar refractivity (Wildman–Crippen MR) is 38.3 cm³/mol. The van der Waals surface area contributed by atoms with Crippen LogP contribution >= 0.6 is 0 Å². The van der Waals surface area contributed by atoms with Crippen LogP contribution in [0.3, 0.4) is 0 Å². The van der Waals surface area contributed by atoms with Crippen LogP contribution in [0.1, 0.15) is 32.1 Å². The van der Waals surface area contributed by atoms with Crippen molar-refractivity contribution in [2.45, 2.75) is 44.2 Å². The lowest BCUT2D eigenvalue weighted by molar-refractivity contribution is 0.144. The Balaban J connectivity index is 2.13. The van der Waals surface area contributed by atoms with Crippen molar-refractivity contribution >= 4 is 0 Å². The Morgan fingerprint density at radius 1 is 1.10 bits per heavy atom. The highest BCUT2D eigenvalue weighted by Gasteiger charge is 2.36. The monoisotopic (exact) mass is 140 g/mol. The zero-order valence-corrected chi connectivity index (χ0v) is 5.99. The van der Waals surface area contributed by atoms with E-state index in [9.17, 15) is 4.91 Å². The fraction of sp³-hybridized carbons (Fsp3) is 1.00. The van der Waals surface area contributed by atoms with Crippen LogP contribution in [0.2, 0.25) is 0 Å². The summed E-state index contributed by atoms with van der Waals surface area (Å²) >= 11 is 0. The summed E-state index contributed by atoms with van der Waals surface area (Å²) in [6.45, 7) is 0. The molecule has 2 rings (SSSR count). The molecule has 2 unspecified atom stereocenters. The van der Waals surface area contributed by atoms with E-state index in [-0.39, 0.29) is 0 Å². The standard InChI is InChI=1S/C7H12N2O/c10-8-9-6-2-1-3-7(9)5-4-6/h6-7H,1-5H2. The highest BCUT2D eigenvalue weighted by molar-refractivity contribution is 4.89. The van der Waals surface area contributed by atoms with Crippen molar-refractivity contribution in [1.29, 1.82) is 0 Å². The van der Waals surface area contributed by atoms with E-state index in [1.165, 1.54) is 32.1 Å². The van der Waals surface area contributed by atoms with E-state index in [4.69, 9.17) is 0 Å². The second-order valence-corrected chi connectivity index (χ2v) is 3.28. The molecule has 56 valence electrons. The second-order valence-electron chi connectivity index (χ2n) is 3.28. The number of hydrogen-bond acceptors (Lipinski definition) is 2. The average molecular weight is 140 g/mol. The van der Waals surface area contributed by atoms with Gasteiger partial charge in [0.1, 0.15) is 0 Å². The summed E-state index contributed by atoms with van der Waals surface area (Å²) in [7, 11) is 0. The molecular formula is C7H12N2O. The van der Waals surface area contributed by atoms with Gasteiger partial charge in [-0.2, -0.15) is 0 Å². The fourth-order valence-electron chi connectivity index (χ4n) is 2.22. The minimum absolute atomic E-state index is 0.497. The Kier molecular flexibility index (Phi) is 1.36. The molecule has 2 saturated heterocycles. The van der Waals surface area contributed by atoms with E-state index < -0.39 is 0 Å². The van der Waals surface area contributed by atoms with Crippen LogP contribution in [0, 0.1) is 4.91 Å². The zero-order valence-electron chi connectivity index (χ0n) is 5.99. The van der Waals surface area contributed by atoms with Crippen molar-refractivity contribution in [2.75, 3.05) is 0 Å². The number of hydrogen-bond donors (Lipinski definition) is 0. The molecular weight excluding hydrogens is 128 g/mol. The third kappa shape index (κ3) is 0.728. The van der Waals surface area contributed by atoms with Crippen LogP contribution in [0.4, 0.5) is 0 Å². The molecule has 3 heteroatoms. The van der Waals surface area contributed by atoms with Crippen LogP contribution in [-0.2, 0) is 0 Å². The zero-order chi connectivity index (χ0) is 6.97. The molecule has 0 aromatic rings. The van der Waals surface area contributed by atoms with Crippen LogP contribution in [0.15, 0.2) is 5.29 Å². The van der Waals surface area contributed by atoms with Gasteiger partial charge < -0.3 is 0 Å². The Morgan fingerprint density at radius 3 is 2.10 bits per heavy atom. The SMILES string of the molecule is O=NN1C2CCCC1CC2. The summed E-state index contributed by atoms with van der Waals surface area (Å²) in [5.74, 6) is 0. The number of fused-ring (bicyclic) bond motifs is 2. The van der Waals surface area contributed by atoms with E-state index in [0.29, 0.717) is 12.1 Å². The van der Waals surface area contributed by atoms with E-state index in [2.05, 4.69) is 5.29 Å². The van der Waals surface area contributed by atoms with Crippen molar-refractivity contribution in [3.8, 4) is 0 Å². The maximum absolute atomic E-state index is 10.3. The number of piperidine rings is 1. The van der Waals surface area contributed by atoms with Crippen LogP contribution in [0.5, 0.6) is 0 Å². The van der Waals surface area contributed by atoms with Gasteiger partial charge in [0.25, 0.3) is 0 Å². The quantitative estimate of drug-likeness (QED) is 0.519. The molecule has 2 atom stereocenters. The van der Waals surface area contributed by atoms with Gasteiger partial charge in [-0.25, -0.2) is 0 Å². The molecule has 0 radical (unpaired) electrons. The molecule has 2 bridgehead atoms. The Hall–Kier alpha value is -0.600. The Morgan fingerprint density at radius 2 is 1.70 bits per heavy atom. The number of rotatable bonds is 1. The first-order valence-corrected chi connectivity index (χ1v) is 4.03. The summed E-state index contributed by atoms with van der Waals surface area (Å²) in [6.07, 6.45) is 6.04. The van der Waals surface area contributed by atoms with Gasteiger partial charge in [0.15, 0.2) is 0 Å². The first kappa shape index (κ1) is 6.13. The average Bonchev–Trinajstić information content (AvgIpc) is 2.19. The summed E-state index contributed by atoms with van der Waals surface area (Å²) < 4.78 is 0. The van der Waals surface area contributed by atoms with E-state index in [1.54, 1.807) is 5.01 Å². The van der Waals surface area contributed by atoms with Crippen molar-refractivity contribution < 1.29 is 0 Å². The smallest absolute Gasteiger partial charge is 0.0529 e. The van der Waals surface area contributed by atoms with Gasteiger partial charge in [-0.3, -0.25) is 5.01 Å². The van der Waals surface area contributed by atoms with Crippen molar-refractivity contribution in [3.05, 3.63) is 4.91 Å². The van der Waals surface area contributed by atoms with Crippen molar-refractivity contribution in [2.24, 2.45) is 5.29 Å². The molecule has 2 aliphatic rings. The van der Waals surface area contributed by atoms with E-state index in [1.807, 2.05) is 0 Å². The largest absolute Gasteiger partial charge is 0.255 e. The lowest BCUT2D eigenvalue weighted by atomic mass is 10.1. The molecule has 0 amide bonds. The van der Waals surface area contributed by atoms with Crippen LogP contribution in [0.25, 0.3) is 0 Å². The number of nitroso groups, excluding NO2 is 1. The molecule has 3 nitrogen and oxygen atoms in total. The second kappa shape index (κ2) is 2.22. The molecule has 0 aliphatic carbocycles. The van der Waals surface area contributed by atoms with Gasteiger partial charge in [0.2, 0.25) is 0 Å². The normalized spacial score (nSPS) is 38.2. The predicted octanol–water partition coefficient (Wildman–Crippen LogP) is 1.68. The van der Waals surface area contributed by atoms with E-state index in [0.717, 1.165) is 0 Å². The maximum Gasteiger partial charge on any atom is 0.0529 e. The third-order valence-electron chi connectivity index (χ3n) is 2.75. The van der Waals surface area contributed by atoms with Gasteiger partial charge in [0, 0.05) is 0 Å². The highest BCUT2D eigenvalue weighted by atomic mass is 16.3. The molecule has 0 aromatic heterocycles. The molecule has 10 heavy (non-hydrogen) atoms. The molecule has 0 saturated carbocycles. The van der Waals surface area contributed by atoms with Crippen molar-refractivity contribution in [3.63, 3.8) is 0 Å².